The molecule has 1 saturated heterocycles. The lowest BCUT2D eigenvalue weighted by Crippen LogP contribution is -2.27. The summed E-state index contributed by atoms with van der Waals surface area (Å²) in [4.78, 5) is 8.78. The Labute approximate surface area is 112 Å². The lowest BCUT2D eigenvalue weighted by molar-refractivity contribution is 0.680. The van der Waals surface area contributed by atoms with Crippen LogP contribution in [-0.4, -0.2) is 27.5 Å². The van der Waals surface area contributed by atoms with E-state index in [1.165, 1.54) is 18.6 Å². The van der Waals surface area contributed by atoms with E-state index >= 15 is 0 Å². The average molecular weight is 272 g/mol. The molecule has 0 aromatic carbocycles. The van der Waals surface area contributed by atoms with Crippen molar-refractivity contribution in [3.05, 3.63) is 16.5 Å². The van der Waals surface area contributed by atoms with E-state index in [0.29, 0.717) is 11.2 Å². The Morgan fingerprint density at radius 1 is 1.47 bits per heavy atom. The van der Waals surface area contributed by atoms with Crippen LogP contribution in [0, 0.1) is 6.92 Å². The second-order valence-corrected chi connectivity index (χ2v) is 5.82. The molecule has 1 unspecified atom stereocenters. The van der Waals surface area contributed by atoms with Crippen molar-refractivity contribution in [1.82, 2.24) is 9.97 Å². The van der Waals surface area contributed by atoms with Gasteiger partial charge in [0.15, 0.2) is 0 Å². The van der Waals surface area contributed by atoms with Gasteiger partial charge in [-0.15, -0.1) is 0 Å². The Morgan fingerprint density at radius 2 is 2.29 bits per heavy atom. The average Bonchev–Trinajstić information content (AvgIpc) is 2.36. The van der Waals surface area contributed by atoms with E-state index in [-0.39, 0.29) is 0 Å². The normalized spacial score (nSPS) is 20.3. The van der Waals surface area contributed by atoms with Crippen molar-refractivity contribution in [3.63, 3.8) is 0 Å². The van der Waals surface area contributed by atoms with Crippen molar-refractivity contribution >= 4 is 29.2 Å². The van der Waals surface area contributed by atoms with E-state index in [1.807, 2.05) is 25.6 Å². The first-order valence-electron chi connectivity index (χ1n) is 6.08. The maximum absolute atomic E-state index is 6.12. The molecule has 17 heavy (non-hydrogen) atoms. The molecule has 0 radical (unpaired) electrons. The van der Waals surface area contributed by atoms with Gasteiger partial charge in [0.05, 0.1) is 0 Å². The molecular formula is C12H18ClN3S. The van der Waals surface area contributed by atoms with E-state index in [1.54, 1.807) is 0 Å². The van der Waals surface area contributed by atoms with E-state index in [9.17, 15) is 0 Å². The molecule has 1 aromatic heterocycles. The van der Waals surface area contributed by atoms with Gasteiger partial charge in [-0.3, -0.25) is 0 Å². The highest BCUT2D eigenvalue weighted by Crippen LogP contribution is 2.24. The molecule has 1 atom stereocenters. The van der Waals surface area contributed by atoms with Crippen LogP contribution in [0.4, 0.5) is 5.82 Å². The summed E-state index contributed by atoms with van der Waals surface area (Å²) in [5.41, 5.74) is 0.958. The molecule has 1 aliphatic heterocycles. The Balaban J connectivity index is 2.15. The van der Waals surface area contributed by atoms with Crippen LogP contribution in [0.25, 0.3) is 0 Å². The zero-order valence-corrected chi connectivity index (χ0v) is 11.9. The highest BCUT2D eigenvalue weighted by atomic mass is 35.5. The molecule has 1 N–H and O–H groups in total. The molecule has 3 nitrogen and oxygen atoms in total. The van der Waals surface area contributed by atoms with Crippen LogP contribution in [0.2, 0.25) is 5.15 Å². The molecule has 5 heteroatoms. The minimum atomic E-state index is 0.517. The molecule has 1 aliphatic rings. The fourth-order valence-electron chi connectivity index (χ4n) is 1.88. The first kappa shape index (κ1) is 13.0. The molecule has 0 spiro atoms. The predicted octanol–water partition coefficient (Wildman–Crippen LogP) is 3.31. The topological polar surface area (TPSA) is 37.8 Å². The Bertz CT molecular complexity index is 392. The van der Waals surface area contributed by atoms with Crippen molar-refractivity contribution in [1.29, 1.82) is 0 Å². The Morgan fingerprint density at radius 3 is 2.94 bits per heavy atom. The van der Waals surface area contributed by atoms with Gasteiger partial charge >= 0.3 is 0 Å². The van der Waals surface area contributed by atoms with Crippen molar-refractivity contribution in [2.75, 3.05) is 16.8 Å². The molecule has 1 aromatic rings. The van der Waals surface area contributed by atoms with E-state index in [2.05, 4.69) is 15.3 Å². The van der Waals surface area contributed by atoms with Gasteiger partial charge in [0.2, 0.25) is 0 Å². The van der Waals surface area contributed by atoms with Gasteiger partial charge in [0, 0.05) is 23.8 Å². The summed E-state index contributed by atoms with van der Waals surface area (Å²) in [6, 6.07) is 0.517. The van der Waals surface area contributed by atoms with Crippen LogP contribution in [0.15, 0.2) is 0 Å². The van der Waals surface area contributed by atoms with Gasteiger partial charge in [-0.1, -0.05) is 18.5 Å². The van der Waals surface area contributed by atoms with Crippen LogP contribution >= 0.6 is 23.4 Å². The number of thioether (sulfide) groups is 1. The monoisotopic (exact) mass is 271 g/mol. The molecule has 0 bridgehead atoms. The number of nitrogens with zero attached hydrogens (tertiary/aromatic N) is 2. The van der Waals surface area contributed by atoms with E-state index < -0.39 is 0 Å². The van der Waals surface area contributed by atoms with Gasteiger partial charge in [0.25, 0.3) is 0 Å². The molecule has 0 saturated carbocycles. The van der Waals surface area contributed by atoms with Crippen LogP contribution in [-0.2, 0) is 6.42 Å². The van der Waals surface area contributed by atoms with Gasteiger partial charge in [-0.05, 0) is 25.5 Å². The first-order valence-corrected chi connectivity index (χ1v) is 7.61. The summed E-state index contributed by atoms with van der Waals surface area (Å²) < 4.78 is 0. The van der Waals surface area contributed by atoms with Crippen LogP contribution in [0.3, 0.4) is 0 Å². The van der Waals surface area contributed by atoms with Crippen LogP contribution in [0.5, 0.6) is 0 Å². The van der Waals surface area contributed by atoms with Crippen molar-refractivity contribution in [2.45, 2.75) is 39.2 Å². The Hall–Kier alpha value is -0.480. The number of rotatable bonds is 3. The maximum atomic E-state index is 6.12. The quantitative estimate of drug-likeness (QED) is 0.856. The fraction of sp³-hybridized carbons (Fsp3) is 0.667. The number of hydrogen-bond donors (Lipinski definition) is 1. The molecule has 0 amide bonds. The second-order valence-electron chi connectivity index (χ2n) is 4.32. The zero-order chi connectivity index (χ0) is 12.3. The number of anilines is 1. The standard InChI is InChI=1S/C12H18ClN3S/c1-3-10-15-11(13)8(2)12(16-10)14-9-5-4-6-17-7-9/h9H,3-7H2,1-2H3,(H,14,15,16). The first-order chi connectivity index (χ1) is 8.20. The summed E-state index contributed by atoms with van der Waals surface area (Å²) in [5.74, 6) is 4.16. The molecule has 2 rings (SSSR count). The molecule has 94 valence electrons. The van der Waals surface area contributed by atoms with Crippen LogP contribution < -0.4 is 5.32 Å². The van der Waals surface area contributed by atoms with E-state index in [4.69, 9.17) is 11.6 Å². The third-order valence-electron chi connectivity index (χ3n) is 2.95. The van der Waals surface area contributed by atoms with Crippen molar-refractivity contribution < 1.29 is 0 Å². The summed E-state index contributed by atoms with van der Waals surface area (Å²) >= 11 is 8.12. The summed E-state index contributed by atoms with van der Waals surface area (Å²) in [7, 11) is 0. The number of halogens is 1. The number of aromatic nitrogens is 2. The molecular weight excluding hydrogens is 254 g/mol. The number of aryl methyl sites for hydroxylation is 1. The summed E-state index contributed by atoms with van der Waals surface area (Å²) in [6.45, 7) is 4.02. The smallest absolute Gasteiger partial charge is 0.137 e. The highest BCUT2D eigenvalue weighted by molar-refractivity contribution is 7.99. The van der Waals surface area contributed by atoms with Gasteiger partial charge in [-0.2, -0.15) is 11.8 Å². The lowest BCUT2D eigenvalue weighted by atomic mass is 10.2. The summed E-state index contributed by atoms with van der Waals surface area (Å²) in [5, 5.41) is 4.08. The van der Waals surface area contributed by atoms with Gasteiger partial charge < -0.3 is 5.32 Å². The number of nitrogens with one attached hydrogen (secondary N) is 1. The van der Waals surface area contributed by atoms with Crippen molar-refractivity contribution in [3.8, 4) is 0 Å². The predicted molar refractivity (Wildman–Crippen MR) is 75.1 cm³/mol. The highest BCUT2D eigenvalue weighted by Gasteiger charge is 2.16. The molecule has 2 heterocycles. The van der Waals surface area contributed by atoms with Gasteiger partial charge in [0.1, 0.15) is 16.8 Å². The maximum Gasteiger partial charge on any atom is 0.137 e. The molecule has 0 aliphatic carbocycles. The van der Waals surface area contributed by atoms with Gasteiger partial charge in [-0.25, -0.2) is 9.97 Å². The number of hydrogen-bond acceptors (Lipinski definition) is 4. The Kier molecular flexibility index (Phi) is 4.51. The summed E-state index contributed by atoms with van der Waals surface area (Å²) in [6.07, 6.45) is 3.31. The SMILES string of the molecule is CCc1nc(Cl)c(C)c(NC2CCCSC2)n1. The minimum Gasteiger partial charge on any atom is -0.366 e. The van der Waals surface area contributed by atoms with Crippen molar-refractivity contribution in [2.24, 2.45) is 0 Å². The zero-order valence-electron chi connectivity index (χ0n) is 10.3. The van der Waals surface area contributed by atoms with Crippen LogP contribution in [0.1, 0.15) is 31.2 Å². The largest absolute Gasteiger partial charge is 0.366 e. The lowest BCUT2D eigenvalue weighted by Gasteiger charge is -2.24. The third kappa shape index (κ3) is 3.26. The minimum absolute atomic E-state index is 0.517. The molecule has 1 fully saturated rings. The second kappa shape index (κ2) is 5.91. The van der Waals surface area contributed by atoms with E-state index in [0.717, 1.165) is 29.4 Å². The third-order valence-corrected chi connectivity index (χ3v) is 4.53. The fourth-order valence-corrected chi connectivity index (χ4v) is 3.14.